The third-order valence-corrected chi connectivity index (χ3v) is 7.78. The molecule has 228 valence electrons. The molecule has 42 heavy (non-hydrogen) atoms. The van der Waals surface area contributed by atoms with Crippen molar-refractivity contribution in [3.63, 3.8) is 0 Å². The molecule has 0 fully saturated rings. The minimum atomic E-state index is -3.73. The summed E-state index contributed by atoms with van der Waals surface area (Å²) in [6, 6.07) is 5.97. The third kappa shape index (κ3) is 8.42. The number of aromatic nitrogens is 3. The number of anilines is 2. The second-order valence-corrected chi connectivity index (χ2v) is 13.0. The van der Waals surface area contributed by atoms with Gasteiger partial charge in [-0.15, -0.1) is 0 Å². The van der Waals surface area contributed by atoms with Gasteiger partial charge in [0.05, 0.1) is 12.9 Å². The Morgan fingerprint density at radius 2 is 1.93 bits per heavy atom. The SMILES string of the molecule is CN=C(NS(=O)(=O)CCNc1nc(OC)c(NC(=O)c2csc(Oc3cc(C(C)(C)C)ccc3C)n2)c(=O)[nH]1)N(C)C. The maximum Gasteiger partial charge on any atom is 0.280 e. The van der Waals surface area contributed by atoms with Crippen molar-refractivity contribution in [2.75, 3.05) is 51.2 Å². The number of amides is 1. The van der Waals surface area contributed by atoms with Crippen molar-refractivity contribution in [1.29, 1.82) is 0 Å². The first-order valence-corrected chi connectivity index (χ1v) is 15.3. The van der Waals surface area contributed by atoms with Crippen molar-refractivity contribution < 1.29 is 22.7 Å². The van der Waals surface area contributed by atoms with Crippen LogP contribution >= 0.6 is 11.3 Å². The predicted octanol–water partition coefficient (Wildman–Crippen LogP) is 2.76. The Bertz CT molecular complexity index is 1620. The number of guanidine groups is 1. The molecule has 3 rings (SSSR count). The van der Waals surface area contributed by atoms with Gasteiger partial charge < -0.3 is 25.0 Å². The lowest BCUT2D eigenvalue weighted by atomic mass is 9.86. The number of carbonyl (C=O) groups excluding carboxylic acids is 1. The highest BCUT2D eigenvalue weighted by Crippen LogP contribution is 2.32. The molecular weight excluding hydrogens is 584 g/mol. The van der Waals surface area contributed by atoms with Gasteiger partial charge in [-0.1, -0.05) is 44.2 Å². The number of sulfonamides is 1. The van der Waals surface area contributed by atoms with Crippen molar-refractivity contribution in [3.8, 4) is 16.8 Å². The van der Waals surface area contributed by atoms with Crippen molar-refractivity contribution >= 4 is 44.9 Å². The van der Waals surface area contributed by atoms with Gasteiger partial charge in [-0.3, -0.25) is 24.3 Å². The maximum absolute atomic E-state index is 12.9. The number of aryl methyl sites for hydroxylation is 1. The van der Waals surface area contributed by atoms with E-state index in [0.717, 1.165) is 22.5 Å². The summed E-state index contributed by atoms with van der Waals surface area (Å²) in [5, 5.41) is 6.99. The van der Waals surface area contributed by atoms with Gasteiger partial charge in [0.15, 0.2) is 5.69 Å². The lowest BCUT2D eigenvalue weighted by molar-refractivity contribution is 0.102. The van der Waals surface area contributed by atoms with Gasteiger partial charge in [-0.25, -0.2) is 8.42 Å². The summed E-state index contributed by atoms with van der Waals surface area (Å²) in [5.41, 5.74) is 1.03. The molecule has 0 aliphatic heterocycles. The average molecular weight is 621 g/mol. The molecule has 2 aromatic heterocycles. The lowest BCUT2D eigenvalue weighted by Crippen LogP contribution is -2.42. The van der Waals surface area contributed by atoms with Gasteiger partial charge >= 0.3 is 0 Å². The number of aromatic amines is 1. The van der Waals surface area contributed by atoms with Gasteiger partial charge in [0.25, 0.3) is 16.7 Å². The fourth-order valence-corrected chi connectivity index (χ4v) is 5.17. The molecule has 2 heterocycles. The summed E-state index contributed by atoms with van der Waals surface area (Å²) in [5.74, 6) is -0.414. The van der Waals surface area contributed by atoms with Crippen LogP contribution in [-0.4, -0.2) is 80.7 Å². The van der Waals surface area contributed by atoms with Crippen LogP contribution in [0.1, 0.15) is 42.4 Å². The number of H-pyrrole nitrogens is 1. The van der Waals surface area contributed by atoms with Crippen LogP contribution in [0.25, 0.3) is 0 Å². The minimum Gasteiger partial charge on any atom is -0.479 e. The average Bonchev–Trinajstić information content (AvgIpc) is 3.37. The van der Waals surface area contributed by atoms with E-state index >= 15 is 0 Å². The molecule has 0 aliphatic carbocycles. The van der Waals surface area contributed by atoms with Gasteiger partial charge in [-0.2, -0.15) is 9.97 Å². The highest BCUT2D eigenvalue weighted by molar-refractivity contribution is 7.90. The zero-order valence-corrected chi connectivity index (χ0v) is 26.4. The van der Waals surface area contributed by atoms with E-state index in [1.807, 2.05) is 25.1 Å². The van der Waals surface area contributed by atoms with Crippen LogP contribution in [0.4, 0.5) is 11.6 Å². The Hall–Kier alpha value is -4.18. The number of ether oxygens (including phenoxy) is 2. The number of thiazole rings is 1. The van der Waals surface area contributed by atoms with Crippen molar-refractivity contribution in [1.82, 2.24) is 24.6 Å². The van der Waals surface area contributed by atoms with Gasteiger partial charge in [-0.05, 0) is 29.5 Å². The summed E-state index contributed by atoms with van der Waals surface area (Å²) in [4.78, 5) is 41.9. The first kappa shape index (κ1) is 32.3. The molecule has 0 saturated carbocycles. The molecule has 0 atom stereocenters. The van der Waals surface area contributed by atoms with E-state index in [9.17, 15) is 18.0 Å². The second kappa shape index (κ2) is 13.2. The highest BCUT2D eigenvalue weighted by atomic mass is 32.2. The van der Waals surface area contributed by atoms with Crippen molar-refractivity contribution in [2.45, 2.75) is 33.1 Å². The number of hydrogen-bond acceptors (Lipinski definition) is 11. The number of rotatable bonds is 10. The maximum atomic E-state index is 12.9. The Morgan fingerprint density at radius 1 is 1.21 bits per heavy atom. The van der Waals surface area contributed by atoms with Gasteiger partial charge in [0.2, 0.25) is 27.8 Å². The van der Waals surface area contributed by atoms with E-state index in [0.29, 0.717) is 5.75 Å². The van der Waals surface area contributed by atoms with Crippen LogP contribution < -0.4 is 30.4 Å². The summed E-state index contributed by atoms with van der Waals surface area (Å²) < 4.78 is 38.2. The molecule has 0 radical (unpaired) electrons. The van der Waals surface area contributed by atoms with Crippen LogP contribution in [0.3, 0.4) is 0 Å². The molecule has 3 aromatic rings. The number of aliphatic imine (C=N–C) groups is 1. The summed E-state index contributed by atoms with van der Waals surface area (Å²) in [6.07, 6.45) is 0. The zero-order valence-electron chi connectivity index (χ0n) is 24.8. The molecule has 1 aromatic carbocycles. The molecule has 4 N–H and O–H groups in total. The van der Waals surface area contributed by atoms with Crippen LogP contribution in [-0.2, 0) is 15.4 Å². The molecule has 0 bridgehead atoms. The number of nitrogens with one attached hydrogen (secondary N) is 4. The van der Waals surface area contributed by atoms with E-state index in [2.05, 4.69) is 56.1 Å². The monoisotopic (exact) mass is 620 g/mol. The van der Waals surface area contributed by atoms with E-state index < -0.39 is 21.5 Å². The molecule has 16 heteroatoms. The molecule has 0 unspecified atom stereocenters. The van der Waals surface area contributed by atoms with Crippen molar-refractivity contribution in [2.24, 2.45) is 4.99 Å². The Morgan fingerprint density at radius 3 is 2.55 bits per heavy atom. The smallest absolute Gasteiger partial charge is 0.280 e. The fraction of sp³-hybridized carbons (Fsp3) is 0.423. The molecule has 14 nitrogen and oxygen atoms in total. The van der Waals surface area contributed by atoms with Crippen LogP contribution in [0.5, 0.6) is 16.8 Å². The van der Waals surface area contributed by atoms with E-state index in [1.54, 1.807) is 14.1 Å². The van der Waals surface area contributed by atoms with Gasteiger partial charge in [0.1, 0.15) is 11.4 Å². The topological polar surface area (TPSA) is 180 Å². The van der Waals surface area contributed by atoms with Crippen LogP contribution in [0, 0.1) is 6.92 Å². The number of methoxy groups -OCH3 is 1. The number of benzene rings is 1. The molecular formula is C26H36N8O6S2. The molecule has 0 aliphatic rings. The quantitative estimate of drug-likeness (QED) is 0.194. The fourth-order valence-electron chi connectivity index (χ4n) is 3.48. The van der Waals surface area contributed by atoms with E-state index in [-0.39, 0.29) is 52.1 Å². The minimum absolute atomic E-state index is 0.0358. The number of carbonyl (C=O) groups is 1. The standard InChI is InChI=1S/C26H36N8O6S2/c1-15-9-10-16(26(2,3)4)13-18(15)40-25-29-17(14-41-25)20(35)30-19-21(36)31-23(32-22(19)39-8)28-11-12-42(37,38)33-24(27-5)34(6)7/h9-10,13-14H,11-12H2,1-8H3,(H,27,33)(H,30,35)(H2,28,31,32,36). The Labute approximate surface area is 248 Å². The van der Waals surface area contributed by atoms with E-state index in [4.69, 9.17) is 9.47 Å². The summed E-state index contributed by atoms with van der Waals surface area (Å²) >= 11 is 1.14. The summed E-state index contributed by atoms with van der Waals surface area (Å²) in [6.45, 7) is 8.15. The van der Waals surface area contributed by atoms with Gasteiger partial charge in [0, 0.05) is 33.1 Å². The number of nitrogens with zero attached hydrogens (tertiary/aromatic N) is 4. The summed E-state index contributed by atoms with van der Waals surface area (Å²) in [7, 11) is 2.32. The highest BCUT2D eigenvalue weighted by Gasteiger charge is 2.21. The molecule has 1 amide bonds. The largest absolute Gasteiger partial charge is 0.479 e. The lowest BCUT2D eigenvalue weighted by Gasteiger charge is -2.20. The Balaban J connectivity index is 1.69. The Kier molecular flexibility index (Phi) is 10.2. The molecule has 0 saturated heterocycles. The zero-order chi connectivity index (χ0) is 31.2. The first-order chi connectivity index (χ1) is 19.6. The first-order valence-electron chi connectivity index (χ1n) is 12.8. The van der Waals surface area contributed by atoms with E-state index in [1.165, 1.54) is 24.4 Å². The predicted molar refractivity (Wildman–Crippen MR) is 164 cm³/mol. The van der Waals surface area contributed by atoms with Crippen LogP contribution in [0.2, 0.25) is 0 Å². The van der Waals surface area contributed by atoms with Crippen molar-refractivity contribution in [3.05, 3.63) is 50.8 Å². The second-order valence-electron chi connectivity index (χ2n) is 10.4. The number of hydrogen-bond donors (Lipinski definition) is 4. The third-order valence-electron chi connectivity index (χ3n) is 5.83. The normalized spacial score (nSPS) is 12.0. The molecule has 0 spiro atoms. The van der Waals surface area contributed by atoms with Crippen LogP contribution in [0.15, 0.2) is 33.4 Å².